The Hall–Kier alpha value is -0.570. The van der Waals surface area contributed by atoms with Crippen LogP contribution in [0.4, 0.5) is 0 Å². The number of hydrogen-bond donors (Lipinski definition) is 1. The lowest BCUT2D eigenvalue weighted by molar-refractivity contribution is -0.137. The molecule has 0 aromatic carbocycles. The second kappa shape index (κ2) is 4.97. The van der Waals surface area contributed by atoms with E-state index in [9.17, 15) is 4.79 Å². The minimum Gasteiger partial charge on any atom is -0.341 e. The molecule has 1 N–H and O–H groups in total. The molecule has 3 rings (SSSR count). The summed E-state index contributed by atoms with van der Waals surface area (Å²) in [6, 6.07) is 0.127. The first-order valence-corrected chi connectivity index (χ1v) is 7.35. The van der Waals surface area contributed by atoms with Crippen molar-refractivity contribution < 1.29 is 4.79 Å². The topological polar surface area (TPSA) is 32.3 Å². The first-order valence-electron chi connectivity index (χ1n) is 7.35. The third kappa shape index (κ3) is 2.49. The standard InChI is InChI=1S/C14H24N2O/c17-14(13-6-1-2-7-15-13)16-9-11-4-3-5-12(8-11)10-16/h11-13,15H,1-10H2/t11?,12?,13-/m0/s1. The van der Waals surface area contributed by atoms with Crippen LogP contribution in [0.1, 0.15) is 44.9 Å². The van der Waals surface area contributed by atoms with Gasteiger partial charge in [0.05, 0.1) is 6.04 Å². The molecule has 1 aliphatic carbocycles. The zero-order valence-electron chi connectivity index (χ0n) is 10.7. The SMILES string of the molecule is O=C([C@@H]1CCCCN1)N1CC2CCCC(C2)C1. The molecule has 0 radical (unpaired) electrons. The molecule has 17 heavy (non-hydrogen) atoms. The van der Waals surface area contributed by atoms with Crippen LogP contribution in [0, 0.1) is 11.8 Å². The molecule has 3 fully saturated rings. The van der Waals surface area contributed by atoms with Crippen LogP contribution in [0.2, 0.25) is 0 Å². The first-order chi connectivity index (χ1) is 8.33. The highest BCUT2D eigenvalue weighted by Crippen LogP contribution is 2.34. The van der Waals surface area contributed by atoms with Crippen molar-refractivity contribution in [2.45, 2.75) is 51.0 Å². The number of nitrogens with zero attached hydrogens (tertiary/aromatic N) is 1. The molecule has 3 aliphatic rings. The molecule has 2 unspecified atom stereocenters. The number of fused-ring (bicyclic) bond motifs is 2. The lowest BCUT2D eigenvalue weighted by atomic mass is 9.77. The fourth-order valence-electron chi connectivity index (χ4n) is 3.89. The summed E-state index contributed by atoms with van der Waals surface area (Å²) in [6.07, 6.45) is 8.95. The molecular formula is C14H24N2O. The summed E-state index contributed by atoms with van der Waals surface area (Å²) in [7, 11) is 0. The monoisotopic (exact) mass is 236 g/mol. The molecule has 2 heterocycles. The van der Waals surface area contributed by atoms with Gasteiger partial charge in [-0.1, -0.05) is 12.8 Å². The van der Waals surface area contributed by atoms with Crippen molar-refractivity contribution in [2.75, 3.05) is 19.6 Å². The molecule has 0 aromatic heterocycles. The maximum absolute atomic E-state index is 12.4. The van der Waals surface area contributed by atoms with Gasteiger partial charge < -0.3 is 10.2 Å². The molecular weight excluding hydrogens is 212 g/mol. The van der Waals surface area contributed by atoms with E-state index in [4.69, 9.17) is 0 Å². The molecule has 96 valence electrons. The van der Waals surface area contributed by atoms with E-state index in [1.54, 1.807) is 0 Å². The van der Waals surface area contributed by atoms with Crippen molar-refractivity contribution in [3.63, 3.8) is 0 Å². The van der Waals surface area contributed by atoms with E-state index in [-0.39, 0.29) is 6.04 Å². The smallest absolute Gasteiger partial charge is 0.239 e. The maximum Gasteiger partial charge on any atom is 0.239 e. The zero-order chi connectivity index (χ0) is 11.7. The second-order valence-corrected chi connectivity index (χ2v) is 6.14. The number of amides is 1. The molecule has 3 nitrogen and oxygen atoms in total. The summed E-state index contributed by atoms with van der Waals surface area (Å²) in [4.78, 5) is 14.6. The highest BCUT2D eigenvalue weighted by Gasteiger charge is 2.35. The van der Waals surface area contributed by atoms with Crippen molar-refractivity contribution in [1.29, 1.82) is 0 Å². The van der Waals surface area contributed by atoms with Gasteiger partial charge in [0, 0.05) is 13.1 Å². The van der Waals surface area contributed by atoms with Gasteiger partial charge in [-0.2, -0.15) is 0 Å². The summed E-state index contributed by atoms with van der Waals surface area (Å²) in [5, 5.41) is 3.39. The Morgan fingerprint density at radius 2 is 1.76 bits per heavy atom. The van der Waals surface area contributed by atoms with Gasteiger partial charge in [0.15, 0.2) is 0 Å². The molecule has 0 spiro atoms. The number of hydrogen-bond acceptors (Lipinski definition) is 2. The van der Waals surface area contributed by atoms with Gasteiger partial charge in [-0.15, -0.1) is 0 Å². The number of carbonyl (C=O) groups is 1. The van der Waals surface area contributed by atoms with Gasteiger partial charge in [-0.3, -0.25) is 4.79 Å². The van der Waals surface area contributed by atoms with Crippen LogP contribution in [0.15, 0.2) is 0 Å². The number of likely N-dealkylation sites (tertiary alicyclic amines) is 1. The average Bonchev–Trinajstić information content (AvgIpc) is 2.38. The fraction of sp³-hybridized carbons (Fsp3) is 0.929. The first kappa shape index (κ1) is 11.5. The molecule has 0 aromatic rings. The van der Waals surface area contributed by atoms with E-state index in [0.29, 0.717) is 5.91 Å². The fourth-order valence-corrected chi connectivity index (χ4v) is 3.89. The van der Waals surface area contributed by atoms with Crippen molar-refractivity contribution in [1.82, 2.24) is 10.2 Å². The van der Waals surface area contributed by atoms with Crippen molar-refractivity contribution >= 4 is 5.91 Å². The van der Waals surface area contributed by atoms with Crippen molar-refractivity contribution in [3.8, 4) is 0 Å². The van der Waals surface area contributed by atoms with Crippen LogP contribution in [-0.4, -0.2) is 36.5 Å². The minimum absolute atomic E-state index is 0.127. The Balaban J connectivity index is 1.61. The number of piperidine rings is 2. The molecule has 2 aliphatic heterocycles. The quantitative estimate of drug-likeness (QED) is 0.752. The normalized spacial score (nSPS) is 37.9. The second-order valence-electron chi connectivity index (χ2n) is 6.14. The Morgan fingerprint density at radius 1 is 1.00 bits per heavy atom. The molecule has 3 heteroatoms. The molecule has 1 saturated carbocycles. The highest BCUT2D eigenvalue weighted by molar-refractivity contribution is 5.82. The van der Waals surface area contributed by atoms with Gasteiger partial charge in [0.1, 0.15) is 0 Å². The maximum atomic E-state index is 12.4. The number of carbonyl (C=O) groups excluding carboxylic acids is 1. The van der Waals surface area contributed by atoms with Crippen molar-refractivity contribution in [2.24, 2.45) is 11.8 Å². The lowest BCUT2D eigenvalue weighted by Crippen LogP contribution is -2.53. The van der Waals surface area contributed by atoms with E-state index in [1.165, 1.54) is 38.5 Å². The largest absolute Gasteiger partial charge is 0.341 e. The molecule has 3 atom stereocenters. The minimum atomic E-state index is 0.127. The Kier molecular flexibility index (Phi) is 3.37. The van der Waals surface area contributed by atoms with Crippen LogP contribution < -0.4 is 5.32 Å². The average molecular weight is 236 g/mol. The zero-order valence-corrected chi connectivity index (χ0v) is 10.7. The Bertz CT molecular complexity index is 274. The summed E-state index contributed by atoms with van der Waals surface area (Å²) in [6.45, 7) is 3.10. The van der Waals surface area contributed by atoms with Gasteiger partial charge in [0.2, 0.25) is 5.91 Å². The van der Waals surface area contributed by atoms with E-state index in [0.717, 1.165) is 37.9 Å². The van der Waals surface area contributed by atoms with Crippen LogP contribution in [-0.2, 0) is 4.79 Å². The molecule has 2 bridgehead atoms. The highest BCUT2D eigenvalue weighted by atomic mass is 16.2. The molecule has 2 saturated heterocycles. The predicted molar refractivity (Wildman–Crippen MR) is 67.7 cm³/mol. The van der Waals surface area contributed by atoms with Gasteiger partial charge >= 0.3 is 0 Å². The van der Waals surface area contributed by atoms with Crippen molar-refractivity contribution in [3.05, 3.63) is 0 Å². The molecule has 1 amide bonds. The third-order valence-corrected chi connectivity index (χ3v) is 4.77. The van der Waals surface area contributed by atoms with Crippen LogP contribution in [0.25, 0.3) is 0 Å². The van der Waals surface area contributed by atoms with Gasteiger partial charge in [0.25, 0.3) is 0 Å². The van der Waals surface area contributed by atoms with E-state index in [2.05, 4.69) is 10.2 Å². The summed E-state index contributed by atoms with van der Waals surface area (Å²) >= 11 is 0. The number of nitrogens with one attached hydrogen (secondary N) is 1. The summed E-state index contributed by atoms with van der Waals surface area (Å²) in [5.74, 6) is 1.99. The van der Waals surface area contributed by atoms with Crippen LogP contribution >= 0.6 is 0 Å². The van der Waals surface area contributed by atoms with Gasteiger partial charge in [-0.25, -0.2) is 0 Å². The third-order valence-electron chi connectivity index (χ3n) is 4.77. The summed E-state index contributed by atoms with van der Waals surface area (Å²) < 4.78 is 0. The van der Waals surface area contributed by atoms with E-state index in [1.807, 2.05) is 0 Å². The number of rotatable bonds is 1. The Morgan fingerprint density at radius 3 is 2.41 bits per heavy atom. The Labute approximate surface area is 104 Å². The van der Waals surface area contributed by atoms with Crippen LogP contribution in [0.3, 0.4) is 0 Å². The predicted octanol–water partition coefficient (Wildman–Crippen LogP) is 1.78. The summed E-state index contributed by atoms with van der Waals surface area (Å²) in [5.41, 5.74) is 0. The van der Waals surface area contributed by atoms with Crippen LogP contribution in [0.5, 0.6) is 0 Å². The van der Waals surface area contributed by atoms with E-state index < -0.39 is 0 Å². The van der Waals surface area contributed by atoms with E-state index >= 15 is 0 Å². The van der Waals surface area contributed by atoms with Gasteiger partial charge in [-0.05, 0) is 50.5 Å². The lowest BCUT2D eigenvalue weighted by Gasteiger charge is -2.42.